The standard InChI is InChI=1S/C13H9Cl2FOS/c14-10-2-1-9(13(15)7-10)8-18(17)12-5-3-11(16)4-6-12/h1-7H,8H2. The normalized spacial score (nSPS) is 12.4. The van der Waals surface area contributed by atoms with E-state index in [-0.39, 0.29) is 11.6 Å². The highest BCUT2D eigenvalue weighted by Crippen LogP contribution is 2.23. The van der Waals surface area contributed by atoms with Crippen LogP contribution in [0.2, 0.25) is 10.0 Å². The minimum Gasteiger partial charge on any atom is -0.254 e. The van der Waals surface area contributed by atoms with Crippen LogP contribution in [0.5, 0.6) is 0 Å². The second-order valence-electron chi connectivity index (χ2n) is 3.68. The summed E-state index contributed by atoms with van der Waals surface area (Å²) in [7, 11) is -1.25. The van der Waals surface area contributed by atoms with Crippen LogP contribution in [0, 0.1) is 5.82 Å². The molecule has 0 saturated carbocycles. The van der Waals surface area contributed by atoms with Crippen molar-refractivity contribution in [2.24, 2.45) is 0 Å². The van der Waals surface area contributed by atoms with Gasteiger partial charge in [-0.1, -0.05) is 29.3 Å². The summed E-state index contributed by atoms with van der Waals surface area (Å²) in [5.74, 6) is -0.0676. The molecule has 18 heavy (non-hydrogen) atoms. The summed E-state index contributed by atoms with van der Waals surface area (Å²) < 4.78 is 24.8. The predicted octanol–water partition coefficient (Wildman–Crippen LogP) is 4.44. The lowest BCUT2D eigenvalue weighted by molar-refractivity contribution is 0.626. The van der Waals surface area contributed by atoms with E-state index in [0.29, 0.717) is 14.9 Å². The first-order chi connectivity index (χ1) is 8.56. The third-order valence-electron chi connectivity index (χ3n) is 2.38. The van der Waals surface area contributed by atoms with Gasteiger partial charge in [0.15, 0.2) is 0 Å². The van der Waals surface area contributed by atoms with Gasteiger partial charge in [0.05, 0.1) is 16.6 Å². The molecule has 0 spiro atoms. The summed E-state index contributed by atoms with van der Waals surface area (Å²) >= 11 is 11.8. The van der Waals surface area contributed by atoms with Gasteiger partial charge < -0.3 is 0 Å². The summed E-state index contributed by atoms with van der Waals surface area (Å²) in [5, 5.41) is 1.02. The van der Waals surface area contributed by atoms with Crippen molar-refractivity contribution in [2.75, 3.05) is 0 Å². The molecule has 0 aliphatic heterocycles. The van der Waals surface area contributed by atoms with E-state index in [2.05, 4.69) is 0 Å². The summed E-state index contributed by atoms with van der Waals surface area (Å²) in [6.07, 6.45) is 0. The van der Waals surface area contributed by atoms with Crippen LogP contribution in [-0.4, -0.2) is 4.21 Å². The van der Waals surface area contributed by atoms with Gasteiger partial charge in [0, 0.05) is 14.9 Å². The van der Waals surface area contributed by atoms with Crippen molar-refractivity contribution in [1.82, 2.24) is 0 Å². The summed E-state index contributed by atoms with van der Waals surface area (Å²) in [6, 6.07) is 10.6. The molecule has 0 radical (unpaired) electrons. The Hall–Kier alpha value is -0.900. The summed E-state index contributed by atoms with van der Waals surface area (Å²) in [5.41, 5.74) is 0.753. The molecule has 0 heterocycles. The Labute approximate surface area is 117 Å². The molecule has 1 unspecified atom stereocenters. The monoisotopic (exact) mass is 302 g/mol. The van der Waals surface area contributed by atoms with Gasteiger partial charge in [0.1, 0.15) is 5.82 Å². The fraction of sp³-hybridized carbons (Fsp3) is 0.0769. The molecular weight excluding hydrogens is 294 g/mol. The minimum atomic E-state index is -1.25. The number of benzene rings is 2. The van der Waals surface area contributed by atoms with Gasteiger partial charge in [0.2, 0.25) is 0 Å². The van der Waals surface area contributed by atoms with E-state index >= 15 is 0 Å². The van der Waals surface area contributed by atoms with Crippen LogP contribution in [0.1, 0.15) is 5.56 Å². The van der Waals surface area contributed by atoms with Crippen molar-refractivity contribution in [3.05, 3.63) is 63.9 Å². The van der Waals surface area contributed by atoms with Gasteiger partial charge in [-0.3, -0.25) is 4.21 Å². The summed E-state index contributed by atoms with van der Waals surface area (Å²) in [4.78, 5) is 0.572. The molecule has 0 fully saturated rings. The first-order valence-corrected chi connectivity index (χ1v) is 7.21. The number of rotatable bonds is 3. The second-order valence-corrected chi connectivity index (χ2v) is 5.97. The van der Waals surface area contributed by atoms with E-state index in [0.717, 1.165) is 5.56 Å². The molecule has 0 bridgehead atoms. The highest BCUT2D eigenvalue weighted by molar-refractivity contribution is 7.84. The van der Waals surface area contributed by atoms with Crippen LogP contribution >= 0.6 is 23.2 Å². The van der Waals surface area contributed by atoms with Crippen LogP contribution < -0.4 is 0 Å². The van der Waals surface area contributed by atoms with Crippen molar-refractivity contribution in [1.29, 1.82) is 0 Å². The average molecular weight is 303 g/mol. The highest BCUT2D eigenvalue weighted by Gasteiger charge is 2.08. The molecule has 0 saturated heterocycles. The van der Waals surface area contributed by atoms with Crippen LogP contribution in [0.15, 0.2) is 47.4 Å². The van der Waals surface area contributed by atoms with E-state index in [9.17, 15) is 8.60 Å². The molecule has 2 aromatic rings. The van der Waals surface area contributed by atoms with Gasteiger partial charge >= 0.3 is 0 Å². The molecule has 0 aromatic heterocycles. The molecule has 5 heteroatoms. The van der Waals surface area contributed by atoms with Crippen molar-refractivity contribution < 1.29 is 8.60 Å². The van der Waals surface area contributed by atoms with Crippen LogP contribution in [0.4, 0.5) is 4.39 Å². The lowest BCUT2D eigenvalue weighted by atomic mass is 10.2. The van der Waals surface area contributed by atoms with Crippen molar-refractivity contribution in [3.8, 4) is 0 Å². The summed E-state index contributed by atoms with van der Waals surface area (Å²) in [6.45, 7) is 0. The Morgan fingerprint density at radius 2 is 1.72 bits per heavy atom. The van der Waals surface area contributed by atoms with E-state index in [1.54, 1.807) is 18.2 Å². The first-order valence-electron chi connectivity index (χ1n) is 5.14. The SMILES string of the molecule is O=S(Cc1ccc(Cl)cc1Cl)c1ccc(F)cc1. The highest BCUT2D eigenvalue weighted by atomic mass is 35.5. The molecule has 0 N–H and O–H groups in total. The molecule has 0 aliphatic rings. The second kappa shape index (κ2) is 5.83. The van der Waals surface area contributed by atoms with Crippen molar-refractivity contribution in [2.45, 2.75) is 10.6 Å². The molecule has 0 amide bonds. The zero-order valence-corrected chi connectivity index (χ0v) is 11.5. The number of hydrogen-bond donors (Lipinski definition) is 0. The van der Waals surface area contributed by atoms with Gasteiger partial charge in [-0.05, 0) is 42.0 Å². The van der Waals surface area contributed by atoms with Crippen LogP contribution in [-0.2, 0) is 16.6 Å². The zero-order valence-electron chi connectivity index (χ0n) is 9.20. The van der Waals surface area contributed by atoms with Crippen molar-refractivity contribution >= 4 is 34.0 Å². The van der Waals surface area contributed by atoms with E-state index < -0.39 is 10.8 Å². The lowest BCUT2D eigenvalue weighted by Crippen LogP contribution is -1.97. The van der Waals surface area contributed by atoms with Crippen LogP contribution in [0.25, 0.3) is 0 Å². The minimum absolute atomic E-state index is 0.279. The Balaban J connectivity index is 2.18. The molecule has 0 aliphatic carbocycles. The molecule has 2 rings (SSSR count). The number of hydrogen-bond acceptors (Lipinski definition) is 1. The lowest BCUT2D eigenvalue weighted by Gasteiger charge is -2.05. The van der Waals surface area contributed by atoms with Gasteiger partial charge in [-0.2, -0.15) is 0 Å². The maximum atomic E-state index is 12.8. The average Bonchev–Trinajstić information content (AvgIpc) is 2.33. The van der Waals surface area contributed by atoms with Gasteiger partial charge in [-0.25, -0.2) is 4.39 Å². The van der Waals surface area contributed by atoms with E-state index in [1.165, 1.54) is 24.3 Å². The molecule has 94 valence electrons. The third-order valence-corrected chi connectivity index (χ3v) is 4.34. The fourth-order valence-electron chi connectivity index (χ4n) is 1.45. The van der Waals surface area contributed by atoms with Gasteiger partial charge in [0.25, 0.3) is 0 Å². The number of halogens is 3. The smallest absolute Gasteiger partial charge is 0.123 e. The predicted molar refractivity (Wildman–Crippen MR) is 73.0 cm³/mol. The molecule has 1 atom stereocenters. The third kappa shape index (κ3) is 3.31. The van der Waals surface area contributed by atoms with Crippen LogP contribution in [0.3, 0.4) is 0 Å². The Kier molecular flexibility index (Phi) is 4.38. The first kappa shape index (κ1) is 13.5. The van der Waals surface area contributed by atoms with Crippen molar-refractivity contribution in [3.63, 3.8) is 0 Å². The van der Waals surface area contributed by atoms with E-state index in [4.69, 9.17) is 23.2 Å². The Bertz CT molecular complexity index is 584. The maximum Gasteiger partial charge on any atom is 0.123 e. The van der Waals surface area contributed by atoms with E-state index in [1.807, 2.05) is 0 Å². The topological polar surface area (TPSA) is 17.1 Å². The molecule has 1 nitrogen and oxygen atoms in total. The quantitative estimate of drug-likeness (QED) is 0.819. The van der Waals surface area contributed by atoms with Gasteiger partial charge in [-0.15, -0.1) is 0 Å². The Morgan fingerprint density at radius 1 is 1.06 bits per heavy atom. The fourth-order valence-corrected chi connectivity index (χ4v) is 3.14. The molecular formula is C13H9Cl2FOS. The largest absolute Gasteiger partial charge is 0.254 e. The maximum absolute atomic E-state index is 12.8. The zero-order chi connectivity index (χ0) is 13.1. The Morgan fingerprint density at radius 3 is 2.33 bits per heavy atom. The molecule has 2 aromatic carbocycles.